The zero-order chi connectivity index (χ0) is 16.4. The van der Waals surface area contributed by atoms with Crippen LogP contribution in [0.5, 0.6) is 0 Å². The minimum Gasteiger partial charge on any atom is -0.481 e. The molecule has 0 aliphatic carbocycles. The molecule has 0 radical (unpaired) electrons. The van der Waals surface area contributed by atoms with Crippen molar-refractivity contribution in [3.63, 3.8) is 0 Å². The van der Waals surface area contributed by atoms with Gasteiger partial charge in [0.05, 0.1) is 11.3 Å². The van der Waals surface area contributed by atoms with Crippen molar-refractivity contribution < 1.29 is 28.2 Å². The summed E-state index contributed by atoms with van der Waals surface area (Å²) in [6, 6.07) is 1.10. The van der Waals surface area contributed by atoms with Gasteiger partial charge < -0.3 is 10.2 Å². The van der Waals surface area contributed by atoms with Gasteiger partial charge in [-0.2, -0.15) is 4.72 Å². The van der Waals surface area contributed by atoms with Crippen LogP contribution in [0.3, 0.4) is 0 Å². The van der Waals surface area contributed by atoms with Crippen molar-refractivity contribution in [1.29, 1.82) is 0 Å². The van der Waals surface area contributed by atoms with Crippen molar-refractivity contribution in [3.8, 4) is 0 Å². The summed E-state index contributed by atoms with van der Waals surface area (Å²) in [5, 5.41) is 17.5. The molecule has 1 rings (SSSR count). The maximum atomic E-state index is 12.2. The van der Waals surface area contributed by atoms with Gasteiger partial charge in [-0.1, -0.05) is 15.9 Å². The Balaban J connectivity index is 3.19. The Hall–Kier alpha value is -0.970. The molecule has 0 saturated carbocycles. The maximum absolute atomic E-state index is 12.2. The predicted molar refractivity (Wildman–Crippen MR) is 80.6 cm³/mol. The summed E-state index contributed by atoms with van der Waals surface area (Å²) in [5.41, 5.74) is 0.779. The van der Waals surface area contributed by atoms with Gasteiger partial charge in [0, 0.05) is 8.95 Å². The lowest BCUT2D eigenvalue weighted by molar-refractivity contribution is -0.145. The molecule has 10 heteroatoms. The van der Waals surface area contributed by atoms with E-state index in [-0.39, 0.29) is 9.37 Å². The fourth-order valence-electron chi connectivity index (χ4n) is 1.44. The first kappa shape index (κ1) is 18.1. The third-order valence-electron chi connectivity index (χ3n) is 2.48. The summed E-state index contributed by atoms with van der Waals surface area (Å²) >= 11 is 6.28. The van der Waals surface area contributed by atoms with Crippen molar-refractivity contribution in [3.05, 3.63) is 26.6 Å². The first-order chi connectivity index (χ1) is 9.54. The molecule has 1 aromatic rings. The third kappa shape index (κ3) is 4.77. The standard InChI is InChI=1S/C11H11Br2NO6S/c1-5-2-7(13)9(3-6(5)12)21(19,20)14-8(11(17)18)4-10(15)16/h2-3,8,14H,4H2,1H3,(H,15,16)(H,17,18). The van der Waals surface area contributed by atoms with Crippen LogP contribution in [0.15, 0.2) is 26.0 Å². The number of carboxylic acids is 2. The van der Waals surface area contributed by atoms with E-state index in [0.717, 1.165) is 5.56 Å². The van der Waals surface area contributed by atoms with E-state index in [1.807, 2.05) is 4.72 Å². The van der Waals surface area contributed by atoms with Crippen molar-refractivity contribution in [2.45, 2.75) is 24.3 Å². The Kier molecular flexibility index (Phi) is 5.91. The van der Waals surface area contributed by atoms with Crippen LogP contribution in [0.1, 0.15) is 12.0 Å². The molecular weight excluding hydrogens is 434 g/mol. The van der Waals surface area contributed by atoms with Crippen molar-refractivity contribution >= 4 is 53.8 Å². The summed E-state index contributed by atoms with van der Waals surface area (Å²) in [6.45, 7) is 1.75. The summed E-state index contributed by atoms with van der Waals surface area (Å²) in [7, 11) is -4.19. The van der Waals surface area contributed by atoms with Crippen LogP contribution in [0, 0.1) is 6.92 Å². The van der Waals surface area contributed by atoms with E-state index in [4.69, 9.17) is 10.2 Å². The molecule has 21 heavy (non-hydrogen) atoms. The van der Waals surface area contributed by atoms with Crippen LogP contribution in [-0.2, 0) is 19.6 Å². The van der Waals surface area contributed by atoms with E-state index in [1.165, 1.54) is 6.07 Å². The van der Waals surface area contributed by atoms with E-state index < -0.39 is 34.4 Å². The molecule has 1 aromatic carbocycles. The second-order valence-electron chi connectivity index (χ2n) is 4.14. The highest BCUT2D eigenvalue weighted by molar-refractivity contribution is 9.11. The quantitative estimate of drug-likeness (QED) is 0.614. The summed E-state index contributed by atoms with van der Waals surface area (Å²) in [5.74, 6) is -2.99. The molecule has 0 spiro atoms. The Morgan fingerprint density at radius 3 is 2.29 bits per heavy atom. The van der Waals surface area contributed by atoms with Crippen molar-refractivity contribution in [2.24, 2.45) is 0 Å². The average molecular weight is 445 g/mol. The molecule has 3 N–H and O–H groups in total. The number of aliphatic carboxylic acids is 2. The van der Waals surface area contributed by atoms with Crippen molar-refractivity contribution in [2.75, 3.05) is 0 Å². The SMILES string of the molecule is Cc1cc(Br)c(S(=O)(=O)NC(CC(=O)O)C(=O)O)cc1Br. The normalized spacial score (nSPS) is 12.9. The van der Waals surface area contributed by atoms with Crippen LogP contribution in [0.2, 0.25) is 0 Å². The number of carboxylic acid groups (broad SMARTS) is 2. The number of carbonyl (C=O) groups is 2. The first-order valence-electron chi connectivity index (χ1n) is 5.47. The molecule has 0 heterocycles. The predicted octanol–water partition coefficient (Wildman–Crippen LogP) is 1.73. The average Bonchev–Trinajstić information content (AvgIpc) is 2.31. The van der Waals surface area contributed by atoms with E-state index in [0.29, 0.717) is 4.47 Å². The second-order valence-corrected chi connectivity index (χ2v) is 7.53. The van der Waals surface area contributed by atoms with E-state index >= 15 is 0 Å². The highest BCUT2D eigenvalue weighted by atomic mass is 79.9. The van der Waals surface area contributed by atoms with Crippen LogP contribution < -0.4 is 4.72 Å². The van der Waals surface area contributed by atoms with E-state index in [1.54, 1.807) is 13.0 Å². The lowest BCUT2D eigenvalue weighted by Crippen LogP contribution is -2.42. The Morgan fingerprint density at radius 1 is 1.24 bits per heavy atom. The molecule has 116 valence electrons. The molecule has 7 nitrogen and oxygen atoms in total. The van der Waals surface area contributed by atoms with Gasteiger partial charge in [-0.25, -0.2) is 8.42 Å². The molecule has 0 aliphatic rings. The van der Waals surface area contributed by atoms with Gasteiger partial charge in [0.25, 0.3) is 0 Å². The topological polar surface area (TPSA) is 121 Å². The highest BCUT2D eigenvalue weighted by Crippen LogP contribution is 2.28. The zero-order valence-corrected chi connectivity index (χ0v) is 14.6. The lowest BCUT2D eigenvalue weighted by atomic mass is 10.2. The second kappa shape index (κ2) is 6.86. The highest BCUT2D eigenvalue weighted by Gasteiger charge is 2.29. The number of sulfonamides is 1. The Morgan fingerprint density at radius 2 is 1.81 bits per heavy atom. The van der Waals surface area contributed by atoms with E-state index in [9.17, 15) is 18.0 Å². The number of rotatable bonds is 6. The molecule has 1 atom stereocenters. The molecule has 0 amide bonds. The van der Waals surface area contributed by atoms with Gasteiger partial charge in [0.1, 0.15) is 6.04 Å². The number of benzene rings is 1. The van der Waals surface area contributed by atoms with Gasteiger partial charge in [-0.3, -0.25) is 9.59 Å². The lowest BCUT2D eigenvalue weighted by Gasteiger charge is -2.14. The van der Waals surface area contributed by atoms with Crippen LogP contribution in [0.4, 0.5) is 0 Å². The Bertz CT molecular complexity index is 688. The fourth-order valence-corrected chi connectivity index (χ4v) is 4.31. The molecule has 0 bridgehead atoms. The molecule has 0 aromatic heterocycles. The molecular formula is C11H11Br2NO6S. The Labute approximate surface area is 137 Å². The number of halogens is 2. The number of hydrogen-bond acceptors (Lipinski definition) is 4. The summed E-state index contributed by atoms with van der Waals surface area (Å²) in [6.07, 6.45) is -0.862. The summed E-state index contributed by atoms with van der Waals surface area (Å²) in [4.78, 5) is 21.3. The van der Waals surface area contributed by atoms with Gasteiger partial charge in [-0.15, -0.1) is 0 Å². The van der Waals surface area contributed by atoms with Crippen LogP contribution in [0.25, 0.3) is 0 Å². The van der Waals surface area contributed by atoms with E-state index in [2.05, 4.69) is 31.9 Å². The minimum atomic E-state index is -4.19. The maximum Gasteiger partial charge on any atom is 0.322 e. The monoisotopic (exact) mass is 443 g/mol. The first-order valence-corrected chi connectivity index (χ1v) is 8.54. The fraction of sp³-hybridized carbons (Fsp3) is 0.273. The van der Waals surface area contributed by atoms with Gasteiger partial charge in [0.2, 0.25) is 10.0 Å². The number of nitrogens with one attached hydrogen (secondary N) is 1. The molecule has 0 aliphatic heterocycles. The smallest absolute Gasteiger partial charge is 0.322 e. The van der Waals surface area contributed by atoms with Gasteiger partial charge in [0.15, 0.2) is 0 Å². The molecule has 0 saturated heterocycles. The number of hydrogen-bond donors (Lipinski definition) is 3. The zero-order valence-electron chi connectivity index (χ0n) is 10.6. The van der Waals surface area contributed by atoms with Crippen LogP contribution in [-0.4, -0.2) is 36.6 Å². The third-order valence-corrected chi connectivity index (χ3v) is 5.76. The number of aryl methyl sites for hydroxylation is 1. The van der Waals surface area contributed by atoms with Crippen LogP contribution >= 0.6 is 31.9 Å². The molecule has 1 unspecified atom stereocenters. The largest absolute Gasteiger partial charge is 0.481 e. The molecule has 0 fully saturated rings. The summed E-state index contributed by atoms with van der Waals surface area (Å²) < 4.78 is 27.0. The minimum absolute atomic E-state index is 0.184. The van der Waals surface area contributed by atoms with Crippen molar-refractivity contribution in [1.82, 2.24) is 4.72 Å². The van der Waals surface area contributed by atoms with Gasteiger partial charge >= 0.3 is 11.9 Å². The van der Waals surface area contributed by atoms with Gasteiger partial charge in [-0.05, 0) is 40.5 Å².